The van der Waals surface area contributed by atoms with Crippen LogP contribution in [0.25, 0.3) is 0 Å². The van der Waals surface area contributed by atoms with E-state index in [9.17, 15) is 9.59 Å². The standard InChI is InChI=1S/C21H25N6O3/c1-14-12-15(2)27(23-14)20-22-18-17(25(20)10-11-30-4)19(28)26(21(29)24(18)3)13-16-8-6-5-7-9-16/h5-9,12,17H,10-11,13H2,1-4H3/q+1. The molecule has 2 aliphatic heterocycles. The first-order valence-corrected chi connectivity index (χ1v) is 9.80. The highest BCUT2D eigenvalue weighted by Crippen LogP contribution is 2.22. The molecule has 9 heteroatoms. The second-order valence-electron chi connectivity index (χ2n) is 7.45. The van der Waals surface area contributed by atoms with Crippen molar-refractivity contribution in [3.8, 4) is 0 Å². The lowest BCUT2D eigenvalue weighted by Crippen LogP contribution is -2.62. The number of nitrogens with zero attached hydrogens (tertiary/aromatic N) is 6. The number of benzene rings is 1. The van der Waals surface area contributed by atoms with E-state index in [1.54, 1.807) is 18.8 Å². The Hall–Kier alpha value is -3.33. The predicted molar refractivity (Wildman–Crippen MR) is 110 cm³/mol. The molecule has 30 heavy (non-hydrogen) atoms. The van der Waals surface area contributed by atoms with E-state index < -0.39 is 6.04 Å². The van der Waals surface area contributed by atoms with Crippen LogP contribution in [0.3, 0.4) is 0 Å². The maximum absolute atomic E-state index is 13.5. The summed E-state index contributed by atoms with van der Waals surface area (Å²) in [5.41, 5.74) is 2.64. The fourth-order valence-corrected chi connectivity index (χ4v) is 3.84. The molecule has 3 amide bonds. The summed E-state index contributed by atoms with van der Waals surface area (Å²) >= 11 is 0. The van der Waals surface area contributed by atoms with Gasteiger partial charge in [-0.2, -0.15) is 0 Å². The molecule has 0 bridgehead atoms. The highest BCUT2D eigenvalue weighted by atomic mass is 16.5. The molecule has 9 nitrogen and oxygen atoms in total. The Morgan fingerprint density at radius 1 is 1.17 bits per heavy atom. The van der Waals surface area contributed by atoms with Crippen LogP contribution in [0.5, 0.6) is 0 Å². The highest BCUT2D eigenvalue weighted by Gasteiger charge is 2.53. The fraction of sp³-hybridized carbons (Fsp3) is 0.381. The topological polar surface area (TPSA) is 83.0 Å². The number of urea groups is 1. The van der Waals surface area contributed by atoms with Crippen LogP contribution in [0.2, 0.25) is 0 Å². The van der Waals surface area contributed by atoms with Gasteiger partial charge in [0.25, 0.3) is 5.91 Å². The predicted octanol–water partition coefficient (Wildman–Crippen LogP) is 1.24. The number of hydrogen-bond donors (Lipinski definition) is 0. The lowest BCUT2D eigenvalue weighted by molar-refractivity contribution is -0.539. The third kappa shape index (κ3) is 3.30. The molecule has 1 aromatic heterocycles. The summed E-state index contributed by atoms with van der Waals surface area (Å²) in [6.07, 6.45) is 0. The largest absolute Gasteiger partial charge is 0.421 e. The van der Waals surface area contributed by atoms with Gasteiger partial charge in [-0.15, -0.1) is 9.78 Å². The summed E-state index contributed by atoms with van der Waals surface area (Å²) in [4.78, 5) is 33.9. The van der Waals surface area contributed by atoms with Crippen molar-refractivity contribution in [2.45, 2.75) is 26.4 Å². The molecule has 156 valence electrons. The van der Waals surface area contributed by atoms with Gasteiger partial charge in [0, 0.05) is 14.2 Å². The summed E-state index contributed by atoms with van der Waals surface area (Å²) in [5, 5.41) is 4.53. The van der Waals surface area contributed by atoms with Crippen LogP contribution in [0.15, 0.2) is 41.4 Å². The van der Waals surface area contributed by atoms with E-state index in [1.165, 1.54) is 9.80 Å². The van der Waals surface area contributed by atoms with Crippen molar-refractivity contribution in [2.75, 3.05) is 27.3 Å². The Balaban J connectivity index is 1.77. The molecule has 1 aromatic carbocycles. The molecule has 0 saturated carbocycles. The van der Waals surface area contributed by atoms with Gasteiger partial charge in [-0.05, 0) is 25.5 Å². The van der Waals surface area contributed by atoms with Crippen molar-refractivity contribution in [1.29, 1.82) is 0 Å². The zero-order valence-corrected chi connectivity index (χ0v) is 17.6. The van der Waals surface area contributed by atoms with Crippen molar-refractivity contribution in [2.24, 2.45) is 4.99 Å². The van der Waals surface area contributed by atoms with Crippen LogP contribution < -0.4 is 0 Å². The molecule has 1 fully saturated rings. The number of ether oxygens (including phenoxy) is 1. The van der Waals surface area contributed by atoms with Crippen molar-refractivity contribution in [1.82, 2.24) is 19.6 Å². The van der Waals surface area contributed by atoms with Gasteiger partial charge < -0.3 is 4.74 Å². The van der Waals surface area contributed by atoms with E-state index in [-0.39, 0.29) is 18.5 Å². The minimum atomic E-state index is -0.703. The number of imide groups is 1. The first-order valence-electron chi connectivity index (χ1n) is 9.80. The quantitative estimate of drug-likeness (QED) is 0.696. The Morgan fingerprint density at radius 2 is 1.90 bits per heavy atom. The number of rotatable bonds is 5. The van der Waals surface area contributed by atoms with Crippen LogP contribution in [0.4, 0.5) is 4.79 Å². The summed E-state index contributed by atoms with van der Waals surface area (Å²) in [6, 6.07) is 10.3. The third-order valence-electron chi connectivity index (χ3n) is 5.31. The van der Waals surface area contributed by atoms with Gasteiger partial charge in [-0.3, -0.25) is 14.6 Å². The van der Waals surface area contributed by atoms with Gasteiger partial charge in [0.2, 0.25) is 11.9 Å². The maximum atomic E-state index is 13.5. The lowest BCUT2D eigenvalue weighted by Gasteiger charge is -2.34. The van der Waals surface area contributed by atoms with Gasteiger partial charge in [-0.25, -0.2) is 9.37 Å². The number of fused-ring (bicyclic) bond motifs is 1. The van der Waals surface area contributed by atoms with E-state index in [0.717, 1.165) is 17.0 Å². The van der Waals surface area contributed by atoms with E-state index in [2.05, 4.69) is 10.1 Å². The smallest absolute Gasteiger partial charge is 0.381 e. The van der Waals surface area contributed by atoms with Crippen LogP contribution in [-0.4, -0.2) is 81.2 Å². The molecule has 4 rings (SSSR count). The molecule has 1 saturated heterocycles. The van der Waals surface area contributed by atoms with Crippen molar-refractivity contribution in [3.05, 3.63) is 53.3 Å². The monoisotopic (exact) mass is 409 g/mol. The second kappa shape index (κ2) is 7.83. The zero-order chi connectivity index (χ0) is 21.4. The molecule has 0 spiro atoms. The summed E-state index contributed by atoms with van der Waals surface area (Å²) in [7, 11) is 3.26. The van der Waals surface area contributed by atoms with E-state index in [0.29, 0.717) is 24.9 Å². The maximum Gasteiger partial charge on any atom is 0.421 e. The molecule has 3 heterocycles. The zero-order valence-electron chi connectivity index (χ0n) is 17.6. The SMILES string of the molecule is COCC[N+]1=C(n2nc(C)cc2C)N=C2C1C(=O)N(Cc1ccccc1)C(=O)N2C. The summed E-state index contributed by atoms with van der Waals surface area (Å²) < 4.78 is 8.84. The summed E-state index contributed by atoms with van der Waals surface area (Å²) in [6.45, 7) is 4.89. The molecule has 0 N–H and O–H groups in total. The molecular formula is C21H25N6O3+. The number of methoxy groups -OCH3 is 1. The van der Waals surface area contributed by atoms with E-state index in [4.69, 9.17) is 4.74 Å². The molecule has 2 aromatic rings. The van der Waals surface area contributed by atoms with Crippen molar-refractivity contribution >= 4 is 23.7 Å². The molecule has 0 aliphatic carbocycles. The van der Waals surface area contributed by atoms with E-state index in [1.807, 2.05) is 54.8 Å². The highest BCUT2D eigenvalue weighted by molar-refractivity contribution is 6.22. The van der Waals surface area contributed by atoms with Crippen LogP contribution in [-0.2, 0) is 16.1 Å². The van der Waals surface area contributed by atoms with Crippen LogP contribution in [0.1, 0.15) is 17.0 Å². The number of aryl methyl sites for hydroxylation is 2. The molecule has 1 atom stereocenters. The lowest BCUT2D eigenvalue weighted by atomic mass is 10.1. The Labute approximate surface area is 174 Å². The van der Waals surface area contributed by atoms with Gasteiger partial charge in [0.05, 0.1) is 25.4 Å². The fourth-order valence-electron chi connectivity index (χ4n) is 3.84. The number of carbonyl (C=O) groups excluding carboxylic acids is 2. The van der Waals surface area contributed by atoms with Gasteiger partial charge in [-0.1, -0.05) is 35.3 Å². The molecule has 1 unspecified atom stereocenters. The van der Waals surface area contributed by atoms with Gasteiger partial charge in [0.1, 0.15) is 5.69 Å². The van der Waals surface area contributed by atoms with Crippen LogP contribution in [0, 0.1) is 13.8 Å². The van der Waals surface area contributed by atoms with Gasteiger partial charge >= 0.3 is 12.0 Å². The van der Waals surface area contributed by atoms with Crippen molar-refractivity contribution in [3.63, 3.8) is 0 Å². The molecule has 2 aliphatic rings. The number of aliphatic imine (C=N–C) groups is 1. The average molecular weight is 409 g/mol. The number of amides is 3. The van der Waals surface area contributed by atoms with E-state index >= 15 is 0 Å². The van der Waals surface area contributed by atoms with Gasteiger partial charge in [0.15, 0.2) is 0 Å². The van der Waals surface area contributed by atoms with Crippen molar-refractivity contribution < 1.29 is 18.9 Å². The normalized spacial score (nSPS) is 18.9. The number of carbonyl (C=O) groups is 2. The Kier molecular flexibility index (Phi) is 5.21. The molecule has 0 radical (unpaired) electrons. The number of aromatic nitrogens is 2. The minimum Gasteiger partial charge on any atom is -0.381 e. The first-order chi connectivity index (χ1) is 14.4. The number of likely N-dealkylation sites (N-methyl/N-ethyl adjacent to an activating group) is 1. The summed E-state index contributed by atoms with van der Waals surface area (Å²) in [5.74, 6) is 0.633. The Morgan fingerprint density at radius 3 is 2.53 bits per heavy atom. The molecular weight excluding hydrogens is 384 g/mol. The number of amidine groups is 1. The third-order valence-corrected chi connectivity index (χ3v) is 5.31. The number of hydrogen-bond acceptors (Lipinski definition) is 5. The Bertz CT molecular complexity index is 1060. The second-order valence-corrected chi connectivity index (χ2v) is 7.45. The first kappa shape index (κ1) is 20.0. The average Bonchev–Trinajstić information content (AvgIpc) is 3.28. The van der Waals surface area contributed by atoms with Crippen LogP contribution >= 0.6 is 0 Å². The minimum absolute atomic E-state index is 0.208.